The monoisotopic (exact) mass is 384 g/mol. The topological polar surface area (TPSA) is 84.5 Å². The van der Waals surface area contributed by atoms with Crippen LogP contribution in [0.15, 0.2) is 47.4 Å². The van der Waals surface area contributed by atoms with Crippen molar-refractivity contribution in [2.75, 3.05) is 23.0 Å². The van der Waals surface area contributed by atoms with Crippen molar-refractivity contribution in [3.63, 3.8) is 0 Å². The number of esters is 1. The van der Waals surface area contributed by atoms with E-state index >= 15 is 0 Å². The number of hydrogen-bond acceptors (Lipinski definition) is 5. The van der Waals surface area contributed by atoms with Crippen LogP contribution in [0, 0.1) is 0 Å². The molecule has 140 valence electrons. The zero-order valence-electron chi connectivity index (χ0n) is 15.1. The second kappa shape index (κ2) is 8.26. The van der Waals surface area contributed by atoms with Crippen molar-refractivity contribution < 1.29 is 19.1 Å². The van der Waals surface area contributed by atoms with Crippen molar-refractivity contribution in [2.24, 2.45) is 0 Å². The van der Waals surface area contributed by atoms with Crippen molar-refractivity contribution >= 4 is 40.9 Å². The molecule has 2 amide bonds. The molecule has 2 aromatic rings. The number of para-hydroxylation sites is 1. The molecule has 1 aliphatic rings. The van der Waals surface area contributed by atoms with Crippen LogP contribution in [0.4, 0.5) is 11.4 Å². The summed E-state index contributed by atoms with van der Waals surface area (Å²) in [6.45, 7) is 3.69. The maximum atomic E-state index is 12.2. The van der Waals surface area contributed by atoms with E-state index in [1.165, 1.54) is 11.8 Å². The summed E-state index contributed by atoms with van der Waals surface area (Å²) >= 11 is 1.41. The lowest BCUT2D eigenvalue weighted by Gasteiger charge is -2.17. The maximum absolute atomic E-state index is 12.2. The number of fused-ring (bicyclic) bond motifs is 1. The van der Waals surface area contributed by atoms with Gasteiger partial charge in [0.15, 0.2) is 6.61 Å². The highest BCUT2D eigenvalue weighted by molar-refractivity contribution is 8.00. The molecule has 27 heavy (non-hydrogen) atoms. The van der Waals surface area contributed by atoms with Gasteiger partial charge < -0.3 is 15.4 Å². The molecular weight excluding hydrogens is 364 g/mol. The van der Waals surface area contributed by atoms with Gasteiger partial charge in [-0.1, -0.05) is 32.0 Å². The first-order chi connectivity index (χ1) is 12.9. The number of carbonyl (C=O) groups is 3. The fourth-order valence-corrected chi connectivity index (χ4v) is 3.51. The smallest absolute Gasteiger partial charge is 0.338 e. The van der Waals surface area contributed by atoms with Crippen LogP contribution in [0.5, 0.6) is 0 Å². The molecule has 1 aliphatic heterocycles. The van der Waals surface area contributed by atoms with Crippen LogP contribution in [0.25, 0.3) is 0 Å². The second-order valence-corrected chi connectivity index (χ2v) is 7.43. The number of anilines is 2. The molecule has 0 atom stereocenters. The molecule has 7 heteroatoms. The molecule has 0 saturated carbocycles. The summed E-state index contributed by atoms with van der Waals surface area (Å²) in [4.78, 5) is 36.7. The van der Waals surface area contributed by atoms with Gasteiger partial charge in [0.05, 0.1) is 17.0 Å². The minimum Gasteiger partial charge on any atom is -0.452 e. The van der Waals surface area contributed by atoms with Gasteiger partial charge in [0.25, 0.3) is 5.91 Å². The Labute approximate surface area is 161 Å². The number of carbonyl (C=O) groups excluding carboxylic acids is 3. The Morgan fingerprint density at radius 3 is 2.78 bits per heavy atom. The van der Waals surface area contributed by atoms with Gasteiger partial charge in [-0.05, 0) is 35.7 Å². The maximum Gasteiger partial charge on any atom is 0.338 e. The fourth-order valence-electron chi connectivity index (χ4n) is 2.73. The van der Waals surface area contributed by atoms with Crippen molar-refractivity contribution in [1.82, 2.24) is 0 Å². The number of hydrogen-bond donors (Lipinski definition) is 2. The molecule has 0 saturated heterocycles. The van der Waals surface area contributed by atoms with Crippen molar-refractivity contribution in [1.29, 1.82) is 0 Å². The average Bonchev–Trinajstić information content (AvgIpc) is 2.65. The molecule has 2 aromatic carbocycles. The fraction of sp³-hybridized carbons (Fsp3) is 0.250. The van der Waals surface area contributed by atoms with Gasteiger partial charge in [0, 0.05) is 10.6 Å². The third-order valence-electron chi connectivity index (χ3n) is 4.04. The minimum atomic E-state index is -0.616. The van der Waals surface area contributed by atoms with Gasteiger partial charge in [-0.15, -0.1) is 11.8 Å². The Morgan fingerprint density at radius 2 is 2.00 bits per heavy atom. The molecule has 0 bridgehead atoms. The first-order valence-electron chi connectivity index (χ1n) is 8.56. The summed E-state index contributed by atoms with van der Waals surface area (Å²) in [5, 5.41) is 5.50. The van der Waals surface area contributed by atoms with Crippen LogP contribution in [0.2, 0.25) is 0 Å². The summed E-state index contributed by atoms with van der Waals surface area (Å²) in [6, 6.07) is 12.5. The molecule has 0 aliphatic carbocycles. The number of benzene rings is 2. The Morgan fingerprint density at radius 1 is 1.22 bits per heavy atom. The Balaban J connectivity index is 1.60. The van der Waals surface area contributed by atoms with E-state index in [2.05, 4.69) is 10.6 Å². The number of amides is 2. The van der Waals surface area contributed by atoms with E-state index in [9.17, 15) is 14.4 Å². The van der Waals surface area contributed by atoms with Crippen molar-refractivity contribution in [3.05, 3.63) is 53.6 Å². The first kappa shape index (κ1) is 19.0. The van der Waals surface area contributed by atoms with Crippen LogP contribution >= 0.6 is 11.8 Å². The lowest BCUT2D eigenvalue weighted by molar-refractivity contribution is -0.119. The molecule has 6 nitrogen and oxygen atoms in total. The Hall–Kier alpha value is -2.80. The normalized spacial score (nSPS) is 12.9. The molecule has 1 heterocycles. The quantitative estimate of drug-likeness (QED) is 0.769. The van der Waals surface area contributed by atoms with Crippen LogP contribution in [-0.2, 0) is 14.3 Å². The predicted molar refractivity (Wildman–Crippen MR) is 105 cm³/mol. The molecule has 0 spiro atoms. The van der Waals surface area contributed by atoms with Crippen molar-refractivity contribution in [2.45, 2.75) is 24.7 Å². The van der Waals surface area contributed by atoms with Crippen LogP contribution in [-0.4, -0.2) is 30.1 Å². The van der Waals surface area contributed by atoms with E-state index in [0.717, 1.165) is 10.5 Å². The van der Waals surface area contributed by atoms with E-state index in [1.807, 2.05) is 38.1 Å². The molecule has 2 N–H and O–H groups in total. The first-order valence-corrected chi connectivity index (χ1v) is 9.55. The summed E-state index contributed by atoms with van der Waals surface area (Å²) in [6.07, 6.45) is 0. The Kier molecular flexibility index (Phi) is 5.81. The highest BCUT2D eigenvalue weighted by Crippen LogP contribution is 2.32. The van der Waals surface area contributed by atoms with E-state index in [0.29, 0.717) is 17.1 Å². The highest BCUT2D eigenvalue weighted by Gasteiger charge is 2.18. The third kappa shape index (κ3) is 4.68. The van der Waals surface area contributed by atoms with Crippen LogP contribution in [0.1, 0.15) is 35.7 Å². The number of nitrogens with one attached hydrogen (secondary N) is 2. The van der Waals surface area contributed by atoms with E-state index < -0.39 is 11.9 Å². The van der Waals surface area contributed by atoms with E-state index in [4.69, 9.17) is 4.74 Å². The molecule has 0 unspecified atom stereocenters. The summed E-state index contributed by atoms with van der Waals surface area (Å²) in [5.41, 5.74) is 2.59. The zero-order chi connectivity index (χ0) is 19.4. The average molecular weight is 384 g/mol. The van der Waals surface area contributed by atoms with Crippen LogP contribution in [0.3, 0.4) is 0 Å². The molecule has 0 fully saturated rings. The Bertz CT molecular complexity index is 895. The molecule has 0 aromatic heterocycles. The van der Waals surface area contributed by atoms with Crippen LogP contribution < -0.4 is 10.6 Å². The van der Waals surface area contributed by atoms with Gasteiger partial charge in [-0.3, -0.25) is 9.59 Å². The standard InChI is InChI=1S/C20H20N2O4S/c1-12(2)14-5-3-4-6-15(14)21-18(23)10-26-20(25)13-7-8-17-16(9-13)22-19(24)11-27-17/h3-9,12H,10-11H2,1-2H3,(H,21,23)(H,22,24). The summed E-state index contributed by atoms with van der Waals surface area (Å²) < 4.78 is 5.11. The number of ether oxygens (including phenoxy) is 1. The van der Waals surface area contributed by atoms with Gasteiger partial charge in [-0.25, -0.2) is 4.79 Å². The number of thioether (sulfide) groups is 1. The van der Waals surface area contributed by atoms with Gasteiger partial charge in [-0.2, -0.15) is 0 Å². The van der Waals surface area contributed by atoms with Gasteiger partial charge in [0.2, 0.25) is 5.91 Å². The molecule has 0 radical (unpaired) electrons. The van der Waals surface area contributed by atoms with Gasteiger partial charge in [0.1, 0.15) is 0 Å². The predicted octanol–water partition coefficient (Wildman–Crippen LogP) is 3.65. The van der Waals surface area contributed by atoms with Gasteiger partial charge >= 0.3 is 5.97 Å². The van der Waals surface area contributed by atoms with E-state index in [1.54, 1.807) is 18.2 Å². The van der Waals surface area contributed by atoms with E-state index in [-0.39, 0.29) is 24.0 Å². The SMILES string of the molecule is CC(C)c1ccccc1NC(=O)COC(=O)c1ccc2c(c1)NC(=O)CS2. The highest BCUT2D eigenvalue weighted by atomic mass is 32.2. The zero-order valence-corrected chi connectivity index (χ0v) is 15.9. The third-order valence-corrected chi connectivity index (χ3v) is 5.11. The number of rotatable bonds is 5. The lowest BCUT2D eigenvalue weighted by Crippen LogP contribution is -2.22. The summed E-state index contributed by atoms with van der Waals surface area (Å²) in [7, 11) is 0. The largest absolute Gasteiger partial charge is 0.452 e. The minimum absolute atomic E-state index is 0.110. The lowest BCUT2D eigenvalue weighted by atomic mass is 10.0. The molecular formula is C20H20N2O4S. The second-order valence-electron chi connectivity index (χ2n) is 6.41. The molecule has 3 rings (SSSR count). The summed E-state index contributed by atoms with van der Waals surface area (Å²) in [5.74, 6) is -0.517. The van der Waals surface area contributed by atoms with Crippen molar-refractivity contribution in [3.8, 4) is 0 Å².